The second-order valence-electron chi connectivity index (χ2n) is 18.4. The quantitative estimate of drug-likeness (QED) is 0.103. The number of nitriles is 2. The highest BCUT2D eigenvalue weighted by molar-refractivity contribution is 6.03. The number of methoxy groups -OCH3 is 2. The number of hydrogen-bond donors (Lipinski definition) is 0. The van der Waals surface area contributed by atoms with Crippen molar-refractivity contribution >= 4 is 33.1 Å². The van der Waals surface area contributed by atoms with Crippen LogP contribution in [0.5, 0.6) is 11.5 Å². The summed E-state index contributed by atoms with van der Waals surface area (Å²) in [6, 6.07) is 25.6. The van der Waals surface area contributed by atoms with Gasteiger partial charge in [0, 0.05) is 59.3 Å². The lowest BCUT2D eigenvalue weighted by atomic mass is 9.72. The molecule has 60 heavy (non-hydrogen) atoms. The molecule has 4 aromatic rings. The van der Waals surface area contributed by atoms with Crippen LogP contribution in [0.2, 0.25) is 0 Å². The Bertz CT molecular complexity index is 2280. The lowest BCUT2D eigenvalue weighted by Gasteiger charge is -2.48. The fourth-order valence-corrected chi connectivity index (χ4v) is 11.4. The average molecular weight is 807 g/mol. The fourth-order valence-electron chi connectivity index (χ4n) is 11.4. The molecule has 2 aliphatic heterocycles. The summed E-state index contributed by atoms with van der Waals surface area (Å²) in [6.45, 7) is 6.11. The van der Waals surface area contributed by atoms with E-state index in [9.17, 15) is 20.1 Å². The Morgan fingerprint density at radius 3 is 1.65 bits per heavy atom. The van der Waals surface area contributed by atoms with Crippen molar-refractivity contribution in [2.75, 3.05) is 40.4 Å². The van der Waals surface area contributed by atoms with Crippen LogP contribution in [0.4, 0.5) is 0 Å². The van der Waals surface area contributed by atoms with Crippen molar-refractivity contribution in [3.05, 3.63) is 82.9 Å². The van der Waals surface area contributed by atoms with E-state index in [-0.39, 0.29) is 36.2 Å². The monoisotopic (exact) mass is 806 g/mol. The SMILES string of the molecule is CCC[C@@H]1CCN(C2CC(CCC[C@H]3CCN(C4CCC4)C[C@H]3C(=O)c3ccc4c(CC#N)c(OC)ccc4c3)C2)C[C@@H]1C(=O)c1ccc2c(CC#N)c(OC)ccc2c1. The topological polar surface area (TPSA) is 107 Å². The molecule has 0 aromatic heterocycles. The van der Waals surface area contributed by atoms with E-state index >= 15 is 0 Å². The zero-order chi connectivity index (χ0) is 41.8. The first-order chi connectivity index (χ1) is 29.3. The summed E-state index contributed by atoms with van der Waals surface area (Å²) in [5, 5.41) is 22.9. The molecule has 2 saturated heterocycles. The third-order valence-electron chi connectivity index (χ3n) is 15.1. The largest absolute Gasteiger partial charge is 0.496 e. The molecular formula is C52H62N4O4. The van der Waals surface area contributed by atoms with Crippen LogP contribution in [0.3, 0.4) is 0 Å². The lowest BCUT2D eigenvalue weighted by molar-refractivity contribution is 0.0155. The molecule has 2 saturated carbocycles. The van der Waals surface area contributed by atoms with Crippen molar-refractivity contribution in [1.29, 1.82) is 10.5 Å². The molecule has 314 valence electrons. The standard InChI is InChI=1S/C52H62N4O4/c1-4-7-35-22-27-56(33-47(35)51(57)39-12-16-43-37(30-39)14-18-49(59-2)45(43)20-24-53)42-28-34(29-42)8-5-9-36-23-26-55(41-10-6-11-41)32-48(36)52(58)40-13-17-44-38(31-40)15-19-50(60-3)46(44)21-25-54/h12-19,30-31,34-36,41-42,47-48H,4-11,20-23,26-29,32-33H2,1-3H3/t34?,35-,36+,42?,47+,48-/m1/s1. The van der Waals surface area contributed by atoms with Gasteiger partial charge in [0.1, 0.15) is 11.5 Å². The molecule has 4 aromatic carbocycles. The summed E-state index contributed by atoms with van der Waals surface area (Å²) in [5.74, 6) is 3.47. The lowest BCUT2D eigenvalue weighted by Crippen LogP contribution is -2.52. The number of hydrogen-bond acceptors (Lipinski definition) is 8. The fraction of sp³-hybridized carbons (Fsp3) is 0.538. The van der Waals surface area contributed by atoms with Gasteiger partial charge in [-0.15, -0.1) is 0 Å². The van der Waals surface area contributed by atoms with Gasteiger partial charge in [-0.05, 0) is 128 Å². The van der Waals surface area contributed by atoms with Crippen LogP contribution in [0.25, 0.3) is 21.5 Å². The molecule has 0 N–H and O–H groups in total. The predicted octanol–water partition coefficient (Wildman–Crippen LogP) is 10.4. The summed E-state index contributed by atoms with van der Waals surface area (Å²) in [5.41, 5.74) is 3.32. The van der Waals surface area contributed by atoms with Gasteiger partial charge in [0.25, 0.3) is 0 Å². The third-order valence-corrected chi connectivity index (χ3v) is 15.1. The highest BCUT2D eigenvalue weighted by Gasteiger charge is 2.42. The summed E-state index contributed by atoms with van der Waals surface area (Å²) >= 11 is 0. The summed E-state index contributed by atoms with van der Waals surface area (Å²) in [4.78, 5) is 34.0. The molecule has 4 aliphatic rings. The zero-order valence-corrected chi connectivity index (χ0v) is 36.0. The van der Waals surface area contributed by atoms with Gasteiger partial charge in [-0.3, -0.25) is 19.4 Å². The number of piperidine rings is 2. The van der Waals surface area contributed by atoms with E-state index in [1.54, 1.807) is 14.2 Å². The molecular weight excluding hydrogens is 745 g/mol. The minimum Gasteiger partial charge on any atom is -0.496 e. The van der Waals surface area contributed by atoms with E-state index in [0.29, 0.717) is 41.3 Å². The molecule has 0 amide bonds. The van der Waals surface area contributed by atoms with E-state index in [0.717, 1.165) is 109 Å². The second kappa shape index (κ2) is 18.9. The Balaban J connectivity index is 0.887. The number of fused-ring (bicyclic) bond motifs is 2. The van der Waals surface area contributed by atoms with E-state index in [1.165, 1.54) is 38.5 Å². The maximum absolute atomic E-state index is 14.4. The number of Topliss-reactive ketones (excluding diaryl/α,β-unsaturated/α-hetero) is 2. The highest BCUT2D eigenvalue weighted by Crippen LogP contribution is 2.42. The van der Waals surface area contributed by atoms with Crippen LogP contribution >= 0.6 is 0 Å². The molecule has 8 nitrogen and oxygen atoms in total. The molecule has 0 unspecified atom stereocenters. The number of nitrogens with zero attached hydrogens (tertiary/aromatic N) is 4. The van der Waals surface area contributed by atoms with Crippen molar-refractivity contribution in [1.82, 2.24) is 9.80 Å². The number of carbonyl (C=O) groups is 2. The van der Waals surface area contributed by atoms with Crippen LogP contribution in [-0.4, -0.2) is 73.8 Å². The molecule has 0 radical (unpaired) electrons. The number of likely N-dealkylation sites (tertiary alicyclic amines) is 2. The maximum atomic E-state index is 14.4. The van der Waals surface area contributed by atoms with Gasteiger partial charge in [-0.25, -0.2) is 0 Å². The minimum absolute atomic E-state index is 0.00247. The molecule has 0 spiro atoms. The first-order valence-electron chi connectivity index (χ1n) is 22.8. The van der Waals surface area contributed by atoms with Crippen molar-refractivity contribution < 1.29 is 19.1 Å². The molecule has 4 atom stereocenters. The Hall–Kier alpha value is -4.76. The van der Waals surface area contributed by atoms with E-state index in [2.05, 4.69) is 28.9 Å². The van der Waals surface area contributed by atoms with Crippen molar-refractivity contribution in [2.24, 2.45) is 29.6 Å². The Kier molecular flexibility index (Phi) is 13.2. The number of rotatable bonds is 16. The van der Waals surface area contributed by atoms with Crippen LogP contribution in [0.1, 0.15) is 116 Å². The third kappa shape index (κ3) is 8.57. The number of benzene rings is 4. The van der Waals surface area contributed by atoms with Crippen LogP contribution in [-0.2, 0) is 12.8 Å². The summed E-state index contributed by atoms with van der Waals surface area (Å²) in [7, 11) is 3.27. The zero-order valence-electron chi connectivity index (χ0n) is 36.0. The Morgan fingerprint density at radius 1 is 0.667 bits per heavy atom. The van der Waals surface area contributed by atoms with E-state index in [4.69, 9.17) is 9.47 Å². The number of ketones is 2. The van der Waals surface area contributed by atoms with Gasteiger partial charge in [0.15, 0.2) is 11.6 Å². The number of carbonyl (C=O) groups excluding carboxylic acids is 2. The molecule has 8 rings (SSSR count). The van der Waals surface area contributed by atoms with Gasteiger partial charge in [0.05, 0.1) is 39.2 Å². The molecule has 2 heterocycles. The number of ether oxygens (including phenoxy) is 2. The molecule has 8 heteroatoms. The van der Waals surface area contributed by atoms with Crippen LogP contribution < -0.4 is 9.47 Å². The first-order valence-corrected chi connectivity index (χ1v) is 22.8. The first kappa shape index (κ1) is 42.0. The minimum atomic E-state index is -0.00247. The highest BCUT2D eigenvalue weighted by atomic mass is 16.5. The van der Waals surface area contributed by atoms with Gasteiger partial charge in [-0.2, -0.15) is 10.5 Å². The van der Waals surface area contributed by atoms with E-state index in [1.807, 2.05) is 60.7 Å². The molecule has 2 aliphatic carbocycles. The maximum Gasteiger partial charge on any atom is 0.167 e. The smallest absolute Gasteiger partial charge is 0.167 e. The van der Waals surface area contributed by atoms with Crippen LogP contribution in [0.15, 0.2) is 60.7 Å². The second-order valence-corrected chi connectivity index (χ2v) is 18.4. The van der Waals surface area contributed by atoms with Crippen molar-refractivity contribution in [3.63, 3.8) is 0 Å². The molecule has 4 fully saturated rings. The van der Waals surface area contributed by atoms with Crippen LogP contribution in [0, 0.1) is 52.3 Å². The Labute approximate surface area is 356 Å². The average Bonchev–Trinajstić information content (AvgIpc) is 3.24. The normalized spacial score (nSPS) is 24.9. The summed E-state index contributed by atoms with van der Waals surface area (Å²) < 4.78 is 11.1. The predicted molar refractivity (Wildman–Crippen MR) is 238 cm³/mol. The van der Waals surface area contributed by atoms with Gasteiger partial charge in [-0.1, -0.05) is 69.0 Å². The van der Waals surface area contributed by atoms with Gasteiger partial charge >= 0.3 is 0 Å². The van der Waals surface area contributed by atoms with Gasteiger partial charge < -0.3 is 9.47 Å². The Morgan fingerprint density at radius 2 is 1.18 bits per heavy atom. The van der Waals surface area contributed by atoms with Crippen molar-refractivity contribution in [2.45, 2.75) is 109 Å². The van der Waals surface area contributed by atoms with Gasteiger partial charge in [0.2, 0.25) is 0 Å². The van der Waals surface area contributed by atoms with Crippen molar-refractivity contribution in [3.8, 4) is 23.6 Å². The van der Waals surface area contributed by atoms with E-state index < -0.39 is 0 Å². The molecule has 0 bridgehead atoms. The summed E-state index contributed by atoms with van der Waals surface area (Å²) in [6.07, 6.45) is 14.6.